The number of hydrogen-bond donors (Lipinski definition) is 0. The predicted octanol–water partition coefficient (Wildman–Crippen LogP) is 3.44. The van der Waals surface area contributed by atoms with E-state index in [1.54, 1.807) is 11.8 Å². The summed E-state index contributed by atoms with van der Waals surface area (Å²) in [5, 5.41) is 0.613. The molecule has 0 aromatic rings. The molecule has 0 bridgehead atoms. The van der Waals surface area contributed by atoms with Crippen LogP contribution in [0.3, 0.4) is 0 Å². The van der Waals surface area contributed by atoms with E-state index in [4.69, 9.17) is 4.74 Å². The van der Waals surface area contributed by atoms with Crippen LogP contribution in [0.2, 0.25) is 0 Å². The number of ether oxygens (including phenoxy) is 1. The quantitative estimate of drug-likeness (QED) is 0.654. The molecule has 1 saturated heterocycles. The molecule has 1 rings (SSSR count). The number of carbonyl (C=O) groups is 1. The van der Waals surface area contributed by atoms with Gasteiger partial charge in [-0.15, -0.1) is 0 Å². The molecule has 2 atom stereocenters. The molecule has 94 valence electrons. The van der Waals surface area contributed by atoms with Crippen LogP contribution in [0, 0.1) is 0 Å². The molecule has 0 aliphatic carbocycles. The first-order chi connectivity index (χ1) is 7.72. The molecule has 1 aliphatic rings. The number of Topliss-reactive ketones (excluding diaryl/α,β-unsaturated/α-hetero) is 1. The Morgan fingerprint density at radius 1 is 1.56 bits per heavy atom. The van der Waals surface area contributed by atoms with Crippen LogP contribution in [0.1, 0.15) is 52.4 Å². The Morgan fingerprint density at radius 3 is 3.00 bits per heavy atom. The summed E-state index contributed by atoms with van der Waals surface area (Å²) in [5.41, 5.74) is 0. The molecule has 0 N–H and O–H groups in total. The first-order valence-electron chi connectivity index (χ1n) is 6.47. The summed E-state index contributed by atoms with van der Waals surface area (Å²) in [6, 6.07) is 0. The van der Waals surface area contributed by atoms with E-state index in [1.807, 2.05) is 0 Å². The molecule has 0 amide bonds. The fourth-order valence-electron chi connectivity index (χ4n) is 1.82. The van der Waals surface area contributed by atoms with Gasteiger partial charge in [0.15, 0.2) is 0 Å². The molecule has 0 aromatic carbocycles. The first kappa shape index (κ1) is 14.0. The number of ketones is 1. The molecule has 0 spiro atoms. The second-order valence-electron chi connectivity index (χ2n) is 4.60. The minimum atomic E-state index is 0.406. The minimum absolute atomic E-state index is 0.406. The van der Waals surface area contributed by atoms with Crippen molar-refractivity contribution in [3.8, 4) is 0 Å². The molecule has 1 fully saturated rings. The van der Waals surface area contributed by atoms with Gasteiger partial charge in [-0.2, -0.15) is 11.8 Å². The summed E-state index contributed by atoms with van der Waals surface area (Å²) < 4.78 is 5.53. The van der Waals surface area contributed by atoms with Gasteiger partial charge < -0.3 is 4.74 Å². The Labute approximate surface area is 104 Å². The van der Waals surface area contributed by atoms with Gasteiger partial charge in [-0.1, -0.05) is 13.8 Å². The molecular formula is C13H24O2S. The van der Waals surface area contributed by atoms with Crippen molar-refractivity contribution in [2.45, 2.75) is 63.7 Å². The highest BCUT2D eigenvalue weighted by Gasteiger charge is 2.15. The van der Waals surface area contributed by atoms with E-state index in [0.717, 1.165) is 32.3 Å². The molecule has 16 heavy (non-hydrogen) atoms. The number of hydrogen-bond acceptors (Lipinski definition) is 3. The smallest absolute Gasteiger partial charge is 0.142 e. The summed E-state index contributed by atoms with van der Waals surface area (Å²) in [6.45, 7) is 5.27. The van der Waals surface area contributed by atoms with Crippen LogP contribution >= 0.6 is 11.8 Å². The molecule has 1 heterocycles. The standard InChI is InChI=1S/C13H24O2S/c1-3-11(2)16-10-12(14)6-4-7-13-8-5-9-15-13/h11,13H,3-10H2,1-2H3. The third-order valence-electron chi connectivity index (χ3n) is 3.11. The number of rotatable bonds is 8. The lowest BCUT2D eigenvalue weighted by molar-refractivity contribution is -0.116. The zero-order chi connectivity index (χ0) is 11.8. The maximum Gasteiger partial charge on any atom is 0.142 e. The average molecular weight is 244 g/mol. The Morgan fingerprint density at radius 2 is 2.38 bits per heavy atom. The fourth-order valence-corrected chi connectivity index (χ4v) is 2.67. The molecule has 2 unspecified atom stereocenters. The van der Waals surface area contributed by atoms with Crippen molar-refractivity contribution in [2.75, 3.05) is 12.4 Å². The lowest BCUT2D eigenvalue weighted by Crippen LogP contribution is -2.08. The molecule has 1 aliphatic heterocycles. The van der Waals surface area contributed by atoms with Crippen molar-refractivity contribution in [1.82, 2.24) is 0 Å². The largest absolute Gasteiger partial charge is 0.378 e. The lowest BCUT2D eigenvalue weighted by atomic mass is 10.1. The van der Waals surface area contributed by atoms with E-state index in [9.17, 15) is 4.79 Å². The topological polar surface area (TPSA) is 26.3 Å². The summed E-state index contributed by atoms with van der Waals surface area (Å²) in [4.78, 5) is 11.6. The zero-order valence-electron chi connectivity index (χ0n) is 10.5. The van der Waals surface area contributed by atoms with E-state index in [-0.39, 0.29) is 0 Å². The van der Waals surface area contributed by atoms with Crippen molar-refractivity contribution >= 4 is 17.5 Å². The normalized spacial score (nSPS) is 22.2. The Balaban J connectivity index is 1.97. The highest BCUT2D eigenvalue weighted by Crippen LogP contribution is 2.19. The average Bonchev–Trinajstić information content (AvgIpc) is 2.79. The van der Waals surface area contributed by atoms with Crippen molar-refractivity contribution in [1.29, 1.82) is 0 Å². The van der Waals surface area contributed by atoms with E-state index < -0.39 is 0 Å². The third kappa shape index (κ3) is 5.90. The summed E-state index contributed by atoms with van der Waals surface area (Å²) in [6.07, 6.45) is 6.79. The molecular weight excluding hydrogens is 220 g/mol. The zero-order valence-corrected chi connectivity index (χ0v) is 11.4. The monoisotopic (exact) mass is 244 g/mol. The van der Waals surface area contributed by atoms with Crippen molar-refractivity contribution < 1.29 is 9.53 Å². The maximum atomic E-state index is 11.6. The predicted molar refractivity (Wildman–Crippen MR) is 70.0 cm³/mol. The van der Waals surface area contributed by atoms with Crippen molar-refractivity contribution in [3.63, 3.8) is 0 Å². The van der Waals surface area contributed by atoms with Gasteiger partial charge in [0.1, 0.15) is 5.78 Å². The van der Waals surface area contributed by atoms with Crippen LogP contribution in [-0.4, -0.2) is 29.5 Å². The van der Waals surface area contributed by atoms with Crippen LogP contribution in [0.4, 0.5) is 0 Å². The van der Waals surface area contributed by atoms with Gasteiger partial charge >= 0.3 is 0 Å². The first-order valence-corrected chi connectivity index (χ1v) is 7.52. The van der Waals surface area contributed by atoms with Gasteiger partial charge in [0.05, 0.1) is 11.9 Å². The van der Waals surface area contributed by atoms with Gasteiger partial charge in [-0.3, -0.25) is 4.79 Å². The fraction of sp³-hybridized carbons (Fsp3) is 0.923. The van der Waals surface area contributed by atoms with Crippen molar-refractivity contribution in [2.24, 2.45) is 0 Å². The molecule has 2 nitrogen and oxygen atoms in total. The Kier molecular flexibility index (Phi) is 7.13. The van der Waals surface area contributed by atoms with Gasteiger partial charge in [0.25, 0.3) is 0 Å². The molecule has 0 radical (unpaired) electrons. The summed E-state index contributed by atoms with van der Waals surface area (Å²) in [7, 11) is 0. The van der Waals surface area contributed by atoms with Gasteiger partial charge in [-0.25, -0.2) is 0 Å². The van der Waals surface area contributed by atoms with Crippen LogP contribution in [0.15, 0.2) is 0 Å². The van der Waals surface area contributed by atoms with Gasteiger partial charge in [0, 0.05) is 18.3 Å². The summed E-state index contributed by atoms with van der Waals surface area (Å²) in [5.74, 6) is 1.10. The van der Waals surface area contributed by atoms with Crippen LogP contribution in [0.25, 0.3) is 0 Å². The van der Waals surface area contributed by atoms with E-state index in [2.05, 4.69) is 13.8 Å². The molecule has 3 heteroatoms. The second-order valence-corrected chi connectivity index (χ2v) is 6.02. The van der Waals surface area contributed by atoms with Gasteiger partial charge in [0.2, 0.25) is 0 Å². The highest BCUT2D eigenvalue weighted by molar-refractivity contribution is 8.00. The van der Waals surface area contributed by atoms with Crippen LogP contribution in [0.5, 0.6) is 0 Å². The maximum absolute atomic E-state index is 11.6. The van der Waals surface area contributed by atoms with Gasteiger partial charge in [-0.05, 0) is 32.1 Å². The van der Waals surface area contributed by atoms with E-state index in [0.29, 0.717) is 22.9 Å². The number of carbonyl (C=O) groups excluding carboxylic acids is 1. The SMILES string of the molecule is CCC(C)SCC(=O)CCCC1CCCO1. The third-order valence-corrected chi connectivity index (χ3v) is 4.50. The second kappa shape index (κ2) is 8.13. The lowest BCUT2D eigenvalue weighted by Gasteiger charge is -2.09. The van der Waals surface area contributed by atoms with Crippen LogP contribution < -0.4 is 0 Å². The highest BCUT2D eigenvalue weighted by atomic mass is 32.2. The van der Waals surface area contributed by atoms with E-state index >= 15 is 0 Å². The Bertz CT molecular complexity index is 200. The Hall–Kier alpha value is -0.0200. The van der Waals surface area contributed by atoms with Crippen molar-refractivity contribution in [3.05, 3.63) is 0 Å². The molecule has 0 aromatic heterocycles. The van der Waals surface area contributed by atoms with Crippen LogP contribution in [-0.2, 0) is 9.53 Å². The van der Waals surface area contributed by atoms with E-state index in [1.165, 1.54) is 12.8 Å². The molecule has 0 saturated carbocycles. The number of thioether (sulfide) groups is 1. The minimum Gasteiger partial charge on any atom is -0.378 e. The summed E-state index contributed by atoms with van der Waals surface area (Å²) >= 11 is 1.79.